The summed E-state index contributed by atoms with van der Waals surface area (Å²) in [6.07, 6.45) is 6.79. The summed E-state index contributed by atoms with van der Waals surface area (Å²) in [5, 5.41) is 4.55. The van der Waals surface area contributed by atoms with E-state index in [0.29, 0.717) is 6.04 Å². The van der Waals surface area contributed by atoms with E-state index in [1.54, 1.807) is 0 Å². The first kappa shape index (κ1) is 13.9. The zero-order valence-electron chi connectivity index (χ0n) is 11.5. The molecule has 18 heavy (non-hydrogen) atoms. The lowest BCUT2D eigenvalue weighted by Crippen LogP contribution is -2.32. The van der Waals surface area contributed by atoms with E-state index in [1.807, 2.05) is 6.92 Å². The molecule has 1 nitrogen and oxygen atoms in total. The lowest BCUT2D eigenvalue weighted by atomic mass is 9.84. The van der Waals surface area contributed by atoms with Crippen LogP contribution < -0.4 is 5.32 Å². The third-order valence-electron chi connectivity index (χ3n) is 4.26. The number of rotatable bonds is 4. The maximum Gasteiger partial charge on any atom is 0.0438 e. The average Bonchev–Trinajstić information content (AvgIpc) is 2.41. The summed E-state index contributed by atoms with van der Waals surface area (Å²) in [5.74, 6) is 0.969. The van der Waals surface area contributed by atoms with Gasteiger partial charge in [0.1, 0.15) is 0 Å². The van der Waals surface area contributed by atoms with E-state index in [4.69, 9.17) is 11.6 Å². The number of nitrogens with one attached hydrogen (secondary N) is 1. The van der Waals surface area contributed by atoms with Crippen molar-refractivity contribution in [2.45, 2.75) is 58.5 Å². The quantitative estimate of drug-likeness (QED) is 0.832. The molecule has 1 aliphatic carbocycles. The highest BCUT2D eigenvalue weighted by molar-refractivity contribution is 6.31. The summed E-state index contributed by atoms with van der Waals surface area (Å²) in [6, 6.07) is 7.06. The standard InChI is InChI=1S/C16H24ClN/c1-3-13-6-8-15(9-7-13)18-11-14-5-4-12(2)16(17)10-14/h4-5,10,13,15,18H,3,6-9,11H2,1-2H3. The summed E-state index contributed by atoms with van der Waals surface area (Å²) in [4.78, 5) is 0. The predicted octanol–water partition coefficient (Wildman–Crippen LogP) is 4.71. The monoisotopic (exact) mass is 265 g/mol. The van der Waals surface area contributed by atoms with Crippen LogP contribution in [-0.2, 0) is 6.54 Å². The van der Waals surface area contributed by atoms with Crippen molar-refractivity contribution in [1.29, 1.82) is 0 Å². The fourth-order valence-corrected chi connectivity index (χ4v) is 2.99. The van der Waals surface area contributed by atoms with Gasteiger partial charge >= 0.3 is 0 Å². The number of hydrogen-bond acceptors (Lipinski definition) is 1. The van der Waals surface area contributed by atoms with E-state index in [0.717, 1.165) is 23.0 Å². The molecule has 0 amide bonds. The van der Waals surface area contributed by atoms with Gasteiger partial charge in [-0.2, -0.15) is 0 Å². The van der Waals surface area contributed by atoms with Gasteiger partial charge in [-0.05, 0) is 55.7 Å². The lowest BCUT2D eigenvalue weighted by Gasteiger charge is -2.28. The molecule has 1 aliphatic rings. The summed E-state index contributed by atoms with van der Waals surface area (Å²) in [7, 11) is 0. The minimum absolute atomic E-state index is 0.702. The maximum absolute atomic E-state index is 6.15. The Hall–Kier alpha value is -0.530. The van der Waals surface area contributed by atoms with Crippen LogP contribution in [0.15, 0.2) is 18.2 Å². The van der Waals surface area contributed by atoms with Gasteiger partial charge in [0, 0.05) is 17.6 Å². The van der Waals surface area contributed by atoms with Crippen molar-refractivity contribution in [3.63, 3.8) is 0 Å². The minimum atomic E-state index is 0.702. The van der Waals surface area contributed by atoms with Crippen LogP contribution in [0.2, 0.25) is 5.02 Å². The average molecular weight is 266 g/mol. The fraction of sp³-hybridized carbons (Fsp3) is 0.625. The van der Waals surface area contributed by atoms with Crippen LogP contribution in [-0.4, -0.2) is 6.04 Å². The molecule has 0 radical (unpaired) electrons. The van der Waals surface area contributed by atoms with Crippen molar-refractivity contribution >= 4 is 11.6 Å². The maximum atomic E-state index is 6.15. The Bertz CT molecular complexity index is 381. The van der Waals surface area contributed by atoms with E-state index in [1.165, 1.54) is 37.7 Å². The molecule has 2 rings (SSSR count). The van der Waals surface area contributed by atoms with E-state index in [9.17, 15) is 0 Å². The number of hydrogen-bond donors (Lipinski definition) is 1. The fourth-order valence-electron chi connectivity index (χ4n) is 2.78. The van der Waals surface area contributed by atoms with Gasteiger partial charge in [0.2, 0.25) is 0 Å². The Morgan fingerprint density at radius 1 is 1.22 bits per heavy atom. The molecular weight excluding hydrogens is 242 g/mol. The second-order valence-corrected chi connectivity index (χ2v) is 6.00. The van der Waals surface area contributed by atoms with Gasteiger partial charge in [-0.15, -0.1) is 0 Å². The Labute approximate surface area is 116 Å². The molecule has 0 saturated heterocycles. The van der Waals surface area contributed by atoms with Crippen LogP contribution >= 0.6 is 11.6 Å². The molecule has 0 heterocycles. The normalized spacial score (nSPS) is 24.2. The number of halogens is 1. The molecule has 100 valence electrons. The van der Waals surface area contributed by atoms with Crippen LogP contribution in [0, 0.1) is 12.8 Å². The summed E-state index contributed by atoms with van der Waals surface area (Å²) in [6.45, 7) is 5.31. The number of aryl methyl sites for hydroxylation is 1. The van der Waals surface area contributed by atoms with Crippen LogP contribution in [0.4, 0.5) is 0 Å². The minimum Gasteiger partial charge on any atom is -0.310 e. The summed E-state index contributed by atoms with van der Waals surface area (Å²) < 4.78 is 0. The van der Waals surface area contributed by atoms with Crippen molar-refractivity contribution in [1.82, 2.24) is 5.32 Å². The molecule has 0 aliphatic heterocycles. The van der Waals surface area contributed by atoms with Gasteiger partial charge in [0.15, 0.2) is 0 Å². The van der Waals surface area contributed by atoms with Gasteiger partial charge in [-0.1, -0.05) is 37.1 Å². The lowest BCUT2D eigenvalue weighted by molar-refractivity contribution is 0.285. The van der Waals surface area contributed by atoms with Crippen molar-refractivity contribution in [3.05, 3.63) is 34.3 Å². The second-order valence-electron chi connectivity index (χ2n) is 5.59. The van der Waals surface area contributed by atoms with Crippen LogP contribution in [0.3, 0.4) is 0 Å². The number of benzene rings is 1. The first-order chi connectivity index (χ1) is 8.69. The first-order valence-corrected chi connectivity index (χ1v) is 7.55. The van der Waals surface area contributed by atoms with Gasteiger partial charge < -0.3 is 5.32 Å². The Morgan fingerprint density at radius 3 is 2.56 bits per heavy atom. The Morgan fingerprint density at radius 2 is 1.94 bits per heavy atom. The molecule has 2 heteroatoms. The molecule has 0 atom stereocenters. The largest absolute Gasteiger partial charge is 0.310 e. The van der Waals surface area contributed by atoms with Gasteiger partial charge in [0.05, 0.1) is 0 Å². The SMILES string of the molecule is CCC1CCC(NCc2ccc(C)c(Cl)c2)CC1. The third kappa shape index (κ3) is 3.73. The Balaban J connectivity index is 1.79. The topological polar surface area (TPSA) is 12.0 Å². The van der Waals surface area contributed by atoms with Crippen LogP contribution in [0.25, 0.3) is 0 Å². The molecule has 0 unspecified atom stereocenters. The molecule has 1 aromatic carbocycles. The second kappa shape index (κ2) is 6.58. The van der Waals surface area contributed by atoms with E-state index >= 15 is 0 Å². The van der Waals surface area contributed by atoms with Crippen LogP contribution in [0.1, 0.15) is 50.2 Å². The molecule has 1 fully saturated rings. The van der Waals surface area contributed by atoms with Crippen molar-refractivity contribution in [3.8, 4) is 0 Å². The Kier molecular flexibility index (Phi) is 5.08. The third-order valence-corrected chi connectivity index (χ3v) is 4.66. The molecule has 1 saturated carbocycles. The van der Waals surface area contributed by atoms with E-state index < -0.39 is 0 Å². The summed E-state index contributed by atoms with van der Waals surface area (Å²) in [5.41, 5.74) is 2.45. The molecule has 0 bridgehead atoms. The van der Waals surface area contributed by atoms with Crippen LogP contribution in [0.5, 0.6) is 0 Å². The highest BCUT2D eigenvalue weighted by Crippen LogP contribution is 2.26. The highest BCUT2D eigenvalue weighted by Gasteiger charge is 2.19. The zero-order valence-corrected chi connectivity index (χ0v) is 12.3. The zero-order chi connectivity index (χ0) is 13.0. The van der Waals surface area contributed by atoms with Crippen molar-refractivity contribution in [2.24, 2.45) is 5.92 Å². The van der Waals surface area contributed by atoms with Crippen molar-refractivity contribution in [2.75, 3.05) is 0 Å². The van der Waals surface area contributed by atoms with Gasteiger partial charge in [0.25, 0.3) is 0 Å². The predicted molar refractivity (Wildman–Crippen MR) is 79.1 cm³/mol. The van der Waals surface area contributed by atoms with Gasteiger partial charge in [-0.3, -0.25) is 0 Å². The molecule has 1 aromatic rings. The van der Waals surface area contributed by atoms with Crippen molar-refractivity contribution < 1.29 is 0 Å². The smallest absolute Gasteiger partial charge is 0.0438 e. The molecular formula is C16H24ClN. The molecule has 1 N–H and O–H groups in total. The van der Waals surface area contributed by atoms with E-state index in [2.05, 4.69) is 30.4 Å². The summed E-state index contributed by atoms with van der Waals surface area (Å²) >= 11 is 6.15. The molecule has 0 spiro atoms. The van der Waals surface area contributed by atoms with E-state index in [-0.39, 0.29) is 0 Å². The highest BCUT2D eigenvalue weighted by atomic mass is 35.5. The first-order valence-electron chi connectivity index (χ1n) is 7.17. The molecule has 0 aromatic heterocycles. The van der Waals surface area contributed by atoms with Gasteiger partial charge in [-0.25, -0.2) is 0 Å².